The second-order valence-electron chi connectivity index (χ2n) is 6.39. The van der Waals surface area contributed by atoms with Crippen LogP contribution in [0.4, 0.5) is 0 Å². The molecule has 0 aromatic carbocycles. The van der Waals surface area contributed by atoms with Crippen LogP contribution in [0.5, 0.6) is 0 Å². The second-order valence-corrected chi connectivity index (χ2v) is 6.39. The first kappa shape index (κ1) is 17.8. The van der Waals surface area contributed by atoms with Crippen molar-refractivity contribution in [2.75, 3.05) is 32.7 Å². The van der Waals surface area contributed by atoms with Gasteiger partial charge in [-0.1, -0.05) is 6.07 Å². The van der Waals surface area contributed by atoms with Crippen LogP contribution in [0.3, 0.4) is 0 Å². The monoisotopic (exact) mass is 362 g/mol. The highest BCUT2D eigenvalue weighted by Crippen LogP contribution is 2.18. The molecule has 0 aliphatic carbocycles. The molecule has 0 spiro atoms. The highest BCUT2D eigenvalue weighted by atomic mass is 35.5. The van der Waals surface area contributed by atoms with Gasteiger partial charge in [0.2, 0.25) is 0 Å². The molecule has 1 fully saturated rings. The molecular formula is C17H23ClN6O. The van der Waals surface area contributed by atoms with E-state index in [0.717, 1.165) is 63.5 Å². The predicted octanol–water partition coefficient (Wildman–Crippen LogP) is 0.830. The Kier molecular flexibility index (Phi) is 5.67. The van der Waals surface area contributed by atoms with Crippen molar-refractivity contribution in [3.8, 4) is 0 Å². The summed E-state index contributed by atoms with van der Waals surface area (Å²) in [5.74, 6) is 0.0530. The molecule has 25 heavy (non-hydrogen) atoms. The number of carbonyl (C=O) groups is 1. The third kappa shape index (κ3) is 3.84. The summed E-state index contributed by atoms with van der Waals surface area (Å²) in [6.07, 6.45) is 4.61. The molecule has 2 aromatic rings. The molecule has 0 bridgehead atoms. The third-order valence-corrected chi connectivity index (χ3v) is 4.80. The summed E-state index contributed by atoms with van der Waals surface area (Å²) < 4.78 is 0. The number of fused-ring (bicyclic) bond motifs is 1. The van der Waals surface area contributed by atoms with Gasteiger partial charge in [0, 0.05) is 75.9 Å². The number of hydrogen-bond donors (Lipinski definition) is 2. The number of amides is 1. The van der Waals surface area contributed by atoms with Crippen molar-refractivity contribution >= 4 is 18.3 Å². The Balaban J connectivity index is 0.00000182. The molecule has 2 aliphatic heterocycles. The molecule has 4 rings (SSSR count). The first-order valence-electron chi connectivity index (χ1n) is 8.48. The van der Waals surface area contributed by atoms with Gasteiger partial charge in [0.1, 0.15) is 0 Å². The third-order valence-electron chi connectivity index (χ3n) is 4.80. The minimum atomic E-state index is 0. The van der Waals surface area contributed by atoms with Gasteiger partial charge in [-0.2, -0.15) is 5.10 Å². The molecule has 2 aliphatic rings. The van der Waals surface area contributed by atoms with Gasteiger partial charge in [-0.25, -0.2) is 0 Å². The van der Waals surface area contributed by atoms with Gasteiger partial charge in [-0.05, 0) is 11.6 Å². The highest BCUT2D eigenvalue weighted by Gasteiger charge is 2.27. The van der Waals surface area contributed by atoms with Crippen molar-refractivity contribution in [3.05, 3.63) is 47.0 Å². The van der Waals surface area contributed by atoms with Crippen molar-refractivity contribution in [1.82, 2.24) is 30.3 Å². The Morgan fingerprint density at radius 1 is 1.24 bits per heavy atom. The Labute approximate surface area is 153 Å². The van der Waals surface area contributed by atoms with E-state index in [-0.39, 0.29) is 18.3 Å². The fourth-order valence-electron chi connectivity index (χ4n) is 3.41. The number of aromatic amines is 1. The number of pyridine rings is 1. The van der Waals surface area contributed by atoms with Crippen LogP contribution in [0, 0.1) is 0 Å². The number of H-pyrrole nitrogens is 1. The summed E-state index contributed by atoms with van der Waals surface area (Å²) in [6, 6.07) is 4.05. The summed E-state index contributed by atoms with van der Waals surface area (Å²) in [5, 5.41) is 10.6. The second kappa shape index (κ2) is 7.95. The van der Waals surface area contributed by atoms with E-state index in [1.807, 2.05) is 17.2 Å². The van der Waals surface area contributed by atoms with Crippen LogP contribution in [0.15, 0.2) is 24.5 Å². The first-order valence-corrected chi connectivity index (χ1v) is 8.48. The molecular weight excluding hydrogens is 340 g/mol. The summed E-state index contributed by atoms with van der Waals surface area (Å²) >= 11 is 0. The van der Waals surface area contributed by atoms with Crippen LogP contribution in [0.2, 0.25) is 0 Å². The zero-order valence-corrected chi connectivity index (χ0v) is 14.9. The molecule has 7 nitrogen and oxygen atoms in total. The molecule has 1 saturated heterocycles. The fourth-order valence-corrected chi connectivity index (χ4v) is 3.41. The van der Waals surface area contributed by atoms with Crippen molar-refractivity contribution in [2.24, 2.45) is 0 Å². The Morgan fingerprint density at radius 3 is 2.84 bits per heavy atom. The molecule has 8 heteroatoms. The lowest BCUT2D eigenvalue weighted by Gasteiger charge is -2.34. The lowest BCUT2D eigenvalue weighted by Crippen LogP contribution is -2.48. The zero-order valence-electron chi connectivity index (χ0n) is 14.1. The molecule has 4 heterocycles. The largest absolute Gasteiger partial charge is 0.335 e. The average Bonchev–Trinajstić information content (AvgIpc) is 3.07. The minimum Gasteiger partial charge on any atom is -0.335 e. The van der Waals surface area contributed by atoms with Gasteiger partial charge in [0.15, 0.2) is 5.69 Å². The van der Waals surface area contributed by atoms with E-state index in [1.54, 1.807) is 6.20 Å². The standard InChI is InChI=1S/C17H22N6O.ClH/c24-17(16-14-11-19-5-3-15(14)20-21-16)23-8-6-22(7-9-23)12-13-2-1-4-18-10-13;/h1-2,4,10,19H,3,5-9,11-12H2,(H,20,21);1H. The minimum absolute atomic E-state index is 0. The molecule has 0 radical (unpaired) electrons. The number of piperazine rings is 1. The number of halogens is 1. The van der Waals surface area contributed by atoms with Crippen LogP contribution >= 0.6 is 12.4 Å². The van der Waals surface area contributed by atoms with Crippen LogP contribution in [0.1, 0.15) is 27.3 Å². The van der Waals surface area contributed by atoms with Gasteiger partial charge >= 0.3 is 0 Å². The molecule has 2 N–H and O–H groups in total. The number of hydrogen-bond acceptors (Lipinski definition) is 5. The van der Waals surface area contributed by atoms with E-state index in [1.165, 1.54) is 5.56 Å². The van der Waals surface area contributed by atoms with E-state index in [9.17, 15) is 4.79 Å². The summed E-state index contributed by atoms with van der Waals surface area (Å²) in [4.78, 5) is 21.2. The van der Waals surface area contributed by atoms with Crippen LogP contribution in [-0.2, 0) is 19.5 Å². The molecule has 0 saturated carbocycles. The maximum atomic E-state index is 12.8. The van der Waals surface area contributed by atoms with E-state index in [0.29, 0.717) is 5.69 Å². The number of nitrogens with zero attached hydrogens (tertiary/aromatic N) is 4. The number of rotatable bonds is 3. The summed E-state index contributed by atoms with van der Waals surface area (Å²) in [5.41, 5.74) is 3.96. The predicted molar refractivity (Wildman–Crippen MR) is 96.7 cm³/mol. The highest BCUT2D eigenvalue weighted by molar-refractivity contribution is 5.94. The molecule has 2 aromatic heterocycles. The SMILES string of the molecule is Cl.O=C(c1n[nH]c2c1CNCC2)N1CCN(Cc2cccnc2)CC1. The normalized spacial score (nSPS) is 17.7. The van der Waals surface area contributed by atoms with Gasteiger partial charge in [0.25, 0.3) is 5.91 Å². The van der Waals surface area contributed by atoms with E-state index < -0.39 is 0 Å². The summed E-state index contributed by atoms with van der Waals surface area (Å²) in [7, 11) is 0. The van der Waals surface area contributed by atoms with Crippen molar-refractivity contribution in [3.63, 3.8) is 0 Å². The maximum absolute atomic E-state index is 12.8. The summed E-state index contributed by atoms with van der Waals surface area (Å²) in [6.45, 7) is 5.81. The van der Waals surface area contributed by atoms with Crippen molar-refractivity contribution < 1.29 is 4.79 Å². The van der Waals surface area contributed by atoms with E-state index in [2.05, 4.69) is 31.5 Å². The average molecular weight is 363 g/mol. The topological polar surface area (TPSA) is 77.2 Å². The van der Waals surface area contributed by atoms with Crippen LogP contribution < -0.4 is 5.32 Å². The molecule has 0 unspecified atom stereocenters. The molecule has 0 atom stereocenters. The van der Waals surface area contributed by atoms with Crippen LogP contribution in [0.25, 0.3) is 0 Å². The molecule has 1 amide bonds. The number of carbonyl (C=O) groups excluding carboxylic acids is 1. The molecule has 134 valence electrons. The Bertz CT molecular complexity index is 711. The zero-order chi connectivity index (χ0) is 16.4. The lowest BCUT2D eigenvalue weighted by molar-refractivity contribution is 0.0621. The van der Waals surface area contributed by atoms with E-state index in [4.69, 9.17) is 0 Å². The van der Waals surface area contributed by atoms with Gasteiger partial charge in [-0.15, -0.1) is 12.4 Å². The van der Waals surface area contributed by atoms with Crippen molar-refractivity contribution in [2.45, 2.75) is 19.5 Å². The van der Waals surface area contributed by atoms with Crippen molar-refractivity contribution in [1.29, 1.82) is 0 Å². The quantitative estimate of drug-likeness (QED) is 0.845. The van der Waals surface area contributed by atoms with Gasteiger partial charge in [-0.3, -0.25) is 19.8 Å². The number of aromatic nitrogens is 3. The van der Waals surface area contributed by atoms with Crippen LogP contribution in [-0.4, -0.2) is 63.6 Å². The first-order chi connectivity index (χ1) is 11.8. The Hall–Kier alpha value is -1.96. The van der Waals surface area contributed by atoms with Gasteiger partial charge in [0.05, 0.1) is 0 Å². The smallest absolute Gasteiger partial charge is 0.274 e. The fraction of sp³-hybridized carbons (Fsp3) is 0.471. The van der Waals surface area contributed by atoms with E-state index >= 15 is 0 Å². The lowest BCUT2D eigenvalue weighted by atomic mass is 10.1. The van der Waals surface area contributed by atoms with Gasteiger partial charge < -0.3 is 10.2 Å². The maximum Gasteiger partial charge on any atom is 0.274 e. The number of nitrogens with one attached hydrogen (secondary N) is 2. The Morgan fingerprint density at radius 2 is 2.08 bits per heavy atom.